The summed E-state index contributed by atoms with van der Waals surface area (Å²) in [6, 6.07) is -1.55. The summed E-state index contributed by atoms with van der Waals surface area (Å²) in [6.45, 7) is 4.92. The van der Waals surface area contributed by atoms with Gasteiger partial charge in [0.25, 0.3) is 0 Å². The number of likely N-dealkylation sites (N-methyl/N-ethyl adjacent to an activating group) is 1. The second-order valence-corrected chi connectivity index (χ2v) is 11.2. The summed E-state index contributed by atoms with van der Waals surface area (Å²) < 4.78 is 52.8. The molecule has 0 spiro atoms. The van der Waals surface area contributed by atoms with Gasteiger partial charge in [-0.1, -0.05) is 0 Å². The molecule has 1 fully saturated rings. The van der Waals surface area contributed by atoms with Crippen LogP contribution in [-0.2, 0) is 67.1 Å². The summed E-state index contributed by atoms with van der Waals surface area (Å²) in [5.74, 6) is -7.59. The van der Waals surface area contributed by atoms with E-state index in [4.69, 9.17) is 23.7 Å². The van der Waals surface area contributed by atoms with Crippen LogP contribution in [-0.4, -0.2) is 122 Å². The predicted octanol–water partition coefficient (Wildman–Crippen LogP) is -1.66. The fourth-order valence-corrected chi connectivity index (χ4v) is 6.35. The Kier molecular flexibility index (Phi) is 12.0. The maximum Gasteiger partial charge on any atom is 0.303 e. The van der Waals surface area contributed by atoms with Crippen molar-refractivity contribution in [2.45, 2.75) is 77.4 Å². The molecule has 0 unspecified atom stereocenters. The number of ether oxygens (including phenoxy) is 5. The highest BCUT2D eigenvalue weighted by molar-refractivity contribution is 7.92. The molecule has 40 heavy (non-hydrogen) atoms. The molecule has 1 heterocycles. The van der Waals surface area contributed by atoms with Crippen LogP contribution < -0.4 is 0 Å². The highest BCUT2D eigenvalue weighted by atomic mass is 32.2. The Bertz CT molecular complexity index is 1130. The first kappa shape index (κ1) is 34.3. The number of amides is 2. The number of nitrogens with zero attached hydrogens (tertiary/aromatic N) is 2. The van der Waals surface area contributed by atoms with Gasteiger partial charge in [-0.25, -0.2) is 8.42 Å². The molecule has 16 nitrogen and oxygen atoms in total. The first-order chi connectivity index (χ1) is 18.3. The lowest BCUT2D eigenvalue weighted by molar-refractivity contribution is -0.205. The van der Waals surface area contributed by atoms with E-state index in [1.807, 2.05) is 0 Å². The number of rotatable bonds is 11. The van der Waals surface area contributed by atoms with Gasteiger partial charge >= 0.3 is 29.8 Å². The minimum atomic E-state index is -4.52. The monoisotopic (exact) mass is 594 g/mol. The van der Waals surface area contributed by atoms with Crippen LogP contribution in [0.4, 0.5) is 0 Å². The van der Waals surface area contributed by atoms with E-state index in [9.17, 15) is 42.0 Å². The van der Waals surface area contributed by atoms with Crippen LogP contribution in [0.2, 0.25) is 0 Å². The Labute approximate surface area is 231 Å². The van der Waals surface area contributed by atoms with Crippen LogP contribution >= 0.6 is 0 Å². The van der Waals surface area contributed by atoms with E-state index >= 15 is 0 Å². The van der Waals surface area contributed by atoms with Crippen molar-refractivity contribution >= 4 is 51.5 Å². The number of sulfone groups is 1. The lowest BCUT2D eigenvalue weighted by Gasteiger charge is -2.39. The van der Waals surface area contributed by atoms with Crippen molar-refractivity contribution in [1.82, 2.24) is 9.80 Å². The Morgan fingerprint density at radius 1 is 0.750 bits per heavy atom. The van der Waals surface area contributed by atoms with Crippen molar-refractivity contribution in [1.29, 1.82) is 0 Å². The van der Waals surface area contributed by atoms with E-state index in [-0.39, 0.29) is 0 Å². The third-order valence-electron chi connectivity index (χ3n) is 5.43. The van der Waals surface area contributed by atoms with E-state index in [0.29, 0.717) is 4.90 Å². The fraction of sp³-hybridized carbons (Fsp3) is 0.696. The summed E-state index contributed by atoms with van der Waals surface area (Å²) in [5, 5.41) is -2.11. The molecule has 0 radical (unpaired) electrons. The normalized spacial score (nSPS) is 20.6. The van der Waals surface area contributed by atoms with Gasteiger partial charge in [-0.3, -0.25) is 33.6 Å². The maximum atomic E-state index is 13.5. The SMILES string of the molecule is CC(=O)OC[C@@H](OC(C)=O)[C@H](OC(C)=O)[C@H](OC(C)=O)[C@@H](OC(C)=O)[C@@H]1N(C(C)=O)[C@H](C(=O)N(C)C)CS1(=O)=O. The zero-order chi connectivity index (χ0) is 31.1. The summed E-state index contributed by atoms with van der Waals surface area (Å²) in [7, 11) is -1.85. The molecule has 0 aliphatic carbocycles. The van der Waals surface area contributed by atoms with Crippen LogP contribution in [0.3, 0.4) is 0 Å². The Hall–Kier alpha value is -3.76. The second kappa shape index (κ2) is 14.0. The molecule has 1 aliphatic rings. The highest BCUT2D eigenvalue weighted by Gasteiger charge is 2.59. The van der Waals surface area contributed by atoms with Crippen LogP contribution in [0.25, 0.3) is 0 Å². The average Bonchev–Trinajstić information content (AvgIpc) is 3.07. The smallest absolute Gasteiger partial charge is 0.303 e. The van der Waals surface area contributed by atoms with E-state index in [1.165, 1.54) is 14.1 Å². The molecule has 0 aromatic carbocycles. The van der Waals surface area contributed by atoms with Crippen LogP contribution in [0, 0.1) is 0 Å². The summed E-state index contributed by atoms with van der Waals surface area (Å²) in [4.78, 5) is 87.2. The zero-order valence-electron chi connectivity index (χ0n) is 23.4. The van der Waals surface area contributed by atoms with E-state index in [1.54, 1.807) is 0 Å². The number of hydrogen-bond donors (Lipinski definition) is 0. The second-order valence-electron chi connectivity index (χ2n) is 9.07. The van der Waals surface area contributed by atoms with Crippen molar-refractivity contribution in [2.75, 3.05) is 26.5 Å². The first-order valence-electron chi connectivity index (χ1n) is 11.8. The predicted molar refractivity (Wildman–Crippen MR) is 131 cm³/mol. The van der Waals surface area contributed by atoms with E-state index in [2.05, 4.69) is 0 Å². The van der Waals surface area contributed by atoms with Gasteiger partial charge in [0.1, 0.15) is 12.6 Å². The van der Waals surface area contributed by atoms with Crippen LogP contribution in [0.15, 0.2) is 0 Å². The van der Waals surface area contributed by atoms with Crippen molar-refractivity contribution in [2.24, 2.45) is 0 Å². The topological polar surface area (TPSA) is 206 Å². The van der Waals surface area contributed by atoms with Crippen LogP contribution in [0.5, 0.6) is 0 Å². The third-order valence-corrected chi connectivity index (χ3v) is 7.44. The molecular weight excluding hydrogens is 560 g/mol. The summed E-state index contributed by atoms with van der Waals surface area (Å²) in [6.07, 6.45) is -7.81. The molecule has 0 saturated carbocycles. The number of hydrogen-bond acceptors (Lipinski definition) is 14. The van der Waals surface area contributed by atoms with E-state index < -0.39 is 99.7 Å². The van der Waals surface area contributed by atoms with Gasteiger partial charge in [0.2, 0.25) is 11.8 Å². The molecule has 2 amide bonds. The van der Waals surface area contributed by atoms with Crippen molar-refractivity contribution < 1.29 is 65.7 Å². The third kappa shape index (κ3) is 9.17. The van der Waals surface area contributed by atoms with Gasteiger partial charge in [0.15, 0.2) is 39.6 Å². The number of esters is 5. The van der Waals surface area contributed by atoms with Gasteiger partial charge in [-0.2, -0.15) is 0 Å². The standard InChI is InChI=1S/C23H34N2O14S/c1-11(26)25-17(22(32)24(7)8)10-40(33,34)23(25)21(39-16(6)31)20(38-15(5)30)19(37-14(4)29)18(36-13(3)28)9-35-12(2)27/h17-21,23H,9-10H2,1-8H3/t17-,18+,19-,20-,21+,23+/m0/s1. The summed E-state index contributed by atoms with van der Waals surface area (Å²) >= 11 is 0. The average molecular weight is 595 g/mol. The van der Waals surface area contributed by atoms with Gasteiger partial charge in [0.05, 0.1) is 5.75 Å². The molecule has 1 rings (SSSR count). The Balaban J connectivity index is 3.96. The van der Waals surface area contributed by atoms with E-state index in [0.717, 1.165) is 46.4 Å². The molecule has 1 aliphatic heterocycles. The minimum Gasteiger partial charge on any atom is -0.462 e. The molecular formula is C23H34N2O14S. The van der Waals surface area contributed by atoms with Gasteiger partial charge in [0, 0.05) is 55.6 Å². The van der Waals surface area contributed by atoms with Gasteiger partial charge in [-0.15, -0.1) is 0 Å². The van der Waals surface area contributed by atoms with Gasteiger partial charge < -0.3 is 33.5 Å². The van der Waals surface area contributed by atoms with Crippen molar-refractivity contribution in [3.63, 3.8) is 0 Å². The van der Waals surface area contributed by atoms with Gasteiger partial charge in [-0.05, 0) is 0 Å². The minimum absolute atomic E-state index is 0.666. The number of carbonyl (C=O) groups is 7. The molecule has 6 atom stereocenters. The molecule has 1 saturated heterocycles. The Morgan fingerprint density at radius 3 is 1.62 bits per heavy atom. The lowest BCUT2D eigenvalue weighted by Crippen LogP contribution is -2.61. The maximum absolute atomic E-state index is 13.5. The Morgan fingerprint density at radius 2 is 1.23 bits per heavy atom. The van der Waals surface area contributed by atoms with Crippen molar-refractivity contribution in [3.05, 3.63) is 0 Å². The molecule has 0 N–H and O–H groups in total. The highest BCUT2D eigenvalue weighted by Crippen LogP contribution is 2.33. The molecule has 17 heteroatoms. The molecule has 0 aromatic rings. The lowest BCUT2D eigenvalue weighted by atomic mass is 10.0. The zero-order valence-corrected chi connectivity index (χ0v) is 24.2. The molecule has 0 bridgehead atoms. The fourth-order valence-electron chi connectivity index (χ4n) is 4.15. The molecule has 226 valence electrons. The quantitative estimate of drug-likeness (QED) is 0.194. The van der Waals surface area contributed by atoms with Crippen molar-refractivity contribution in [3.8, 4) is 0 Å². The van der Waals surface area contributed by atoms with Crippen LogP contribution in [0.1, 0.15) is 41.5 Å². The largest absolute Gasteiger partial charge is 0.462 e. The molecule has 0 aromatic heterocycles. The number of carbonyl (C=O) groups excluding carboxylic acids is 7. The summed E-state index contributed by atoms with van der Waals surface area (Å²) in [5.41, 5.74) is 0. The first-order valence-corrected chi connectivity index (χ1v) is 13.6.